The van der Waals surface area contributed by atoms with Crippen molar-refractivity contribution >= 4 is 11.8 Å². The van der Waals surface area contributed by atoms with Crippen LogP contribution in [0, 0.1) is 0 Å². The Balaban J connectivity index is 1.25. The Morgan fingerprint density at radius 1 is 0.952 bits per heavy atom. The van der Waals surface area contributed by atoms with Crippen molar-refractivity contribution in [1.82, 2.24) is 5.32 Å². The van der Waals surface area contributed by atoms with Gasteiger partial charge in [-0.15, -0.1) is 11.8 Å². The minimum Gasteiger partial charge on any atom is -0.488 e. The summed E-state index contributed by atoms with van der Waals surface area (Å²) in [5, 5.41) is 4.25. The lowest BCUT2D eigenvalue weighted by Crippen LogP contribution is -2.34. The smallest absolute Gasteiger partial charge is 0.123 e. The van der Waals surface area contributed by atoms with Crippen LogP contribution in [0.4, 0.5) is 0 Å². The van der Waals surface area contributed by atoms with Crippen LogP contribution in [0.5, 0.6) is 5.75 Å². The molecule has 21 heavy (non-hydrogen) atoms. The summed E-state index contributed by atoms with van der Waals surface area (Å²) in [4.78, 5) is 1.45. The van der Waals surface area contributed by atoms with Gasteiger partial charge in [0, 0.05) is 29.7 Å². The lowest BCUT2D eigenvalue weighted by atomic mass is 10.1. The predicted octanol–water partition coefficient (Wildman–Crippen LogP) is 3.30. The summed E-state index contributed by atoms with van der Waals surface area (Å²) < 4.78 is 5.96. The number of fused-ring (bicyclic) bond motifs is 2. The van der Waals surface area contributed by atoms with Gasteiger partial charge in [0.15, 0.2) is 0 Å². The van der Waals surface area contributed by atoms with Crippen LogP contribution in [-0.4, -0.2) is 24.4 Å². The second kappa shape index (κ2) is 5.74. The zero-order chi connectivity index (χ0) is 14.1. The SMILES string of the molecule is c1ccc2c(c1)CC(CNCC1Cc3ccccc3S1)O2. The molecular weight excluding hydrogens is 278 g/mol. The third kappa shape index (κ3) is 2.81. The molecule has 0 radical (unpaired) electrons. The van der Waals surface area contributed by atoms with Crippen LogP contribution in [-0.2, 0) is 12.8 Å². The highest BCUT2D eigenvalue weighted by Crippen LogP contribution is 2.36. The standard InChI is InChI=1S/C18H19NOS/c1-3-7-17-13(5-1)9-15(20-17)11-19-12-16-10-14-6-2-4-8-18(14)21-16/h1-8,15-16,19H,9-12H2. The van der Waals surface area contributed by atoms with E-state index in [0.717, 1.165) is 25.3 Å². The largest absolute Gasteiger partial charge is 0.488 e. The fourth-order valence-corrected chi connectivity index (χ4v) is 4.42. The van der Waals surface area contributed by atoms with Crippen molar-refractivity contribution < 1.29 is 4.74 Å². The summed E-state index contributed by atoms with van der Waals surface area (Å²) >= 11 is 2.00. The molecule has 2 heterocycles. The van der Waals surface area contributed by atoms with Gasteiger partial charge < -0.3 is 10.1 Å². The molecule has 4 rings (SSSR count). The Bertz CT molecular complexity index is 537. The molecule has 2 nitrogen and oxygen atoms in total. The normalized spacial score (nSPS) is 22.7. The molecule has 2 atom stereocenters. The van der Waals surface area contributed by atoms with Crippen LogP contribution in [0.1, 0.15) is 11.1 Å². The minimum absolute atomic E-state index is 0.288. The van der Waals surface area contributed by atoms with E-state index in [1.807, 2.05) is 17.8 Å². The fraction of sp³-hybridized carbons (Fsp3) is 0.333. The van der Waals surface area contributed by atoms with Gasteiger partial charge in [-0.2, -0.15) is 0 Å². The number of benzene rings is 2. The van der Waals surface area contributed by atoms with E-state index in [9.17, 15) is 0 Å². The molecule has 3 heteroatoms. The Morgan fingerprint density at radius 2 is 1.76 bits per heavy atom. The first-order valence-corrected chi connectivity index (χ1v) is 8.46. The monoisotopic (exact) mass is 297 g/mol. The van der Waals surface area contributed by atoms with Crippen molar-refractivity contribution in [2.24, 2.45) is 0 Å². The van der Waals surface area contributed by atoms with Crippen LogP contribution >= 0.6 is 11.8 Å². The molecule has 0 aliphatic carbocycles. The molecular formula is C18H19NOS. The van der Waals surface area contributed by atoms with Crippen molar-refractivity contribution in [2.75, 3.05) is 13.1 Å². The maximum atomic E-state index is 5.96. The van der Waals surface area contributed by atoms with Crippen LogP contribution in [0.2, 0.25) is 0 Å². The van der Waals surface area contributed by atoms with Crippen molar-refractivity contribution in [1.29, 1.82) is 0 Å². The molecule has 0 aromatic heterocycles. The van der Waals surface area contributed by atoms with Crippen LogP contribution in [0.3, 0.4) is 0 Å². The molecule has 0 spiro atoms. The Hall–Kier alpha value is -1.45. The second-order valence-corrected chi connectivity index (χ2v) is 7.10. The molecule has 2 aliphatic rings. The van der Waals surface area contributed by atoms with Gasteiger partial charge in [-0.3, -0.25) is 0 Å². The highest BCUT2D eigenvalue weighted by atomic mass is 32.2. The van der Waals surface area contributed by atoms with E-state index < -0.39 is 0 Å². The quantitative estimate of drug-likeness (QED) is 0.935. The maximum absolute atomic E-state index is 5.96. The van der Waals surface area contributed by atoms with E-state index in [-0.39, 0.29) is 6.10 Å². The van der Waals surface area contributed by atoms with Crippen molar-refractivity contribution in [3.63, 3.8) is 0 Å². The van der Waals surface area contributed by atoms with Crippen LogP contribution in [0.15, 0.2) is 53.4 Å². The molecule has 0 fully saturated rings. The highest BCUT2D eigenvalue weighted by molar-refractivity contribution is 8.00. The van der Waals surface area contributed by atoms with Crippen LogP contribution in [0.25, 0.3) is 0 Å². The molecule has 0 amide bonds. The van der Waals surface area contributed by atoms with Gasteiger partial charge >= 0.3 is 0 Å². The number of para-hydroxylation sites is 1. The number of hydrogen-bond acceptors (Lipinski definition) is 3. The van der Waals surface area contributed by atoms with Gasteiger partial charge in [-0.05, 0) is 29.7 Å². The Labute approximate surface area is 129 Å². The van der Waals surface area contributed by atoms with E-state index in [2.05, 4.69) is 47.8 Å². The maximum Gasteiger partial charge on any atom is 0.123 e. The van der Waals surface area contributed by atoms with Gasteiger partial charge in [0.25, 0.3) is 0 Å². The first-order valence-electron chi connectivity index (χ1n) is 7.58. The number of thioether (sulfide) groups is 1. The van der Waals surface area contributed by atoms with Crippen LogP contribution < -0.4 is 10.1 Å². The molecule has 2 aromatic rings. The van der Waals surface area contributed by atoms with Crippen molar-refractivity contribution in [3.05, 3.63) is 59.7 Å². The average Bonchev–Trinajstić information content (AvgIpc) is 3.09. The third-order valence-electron chi connectivity index (χ3n) is 4.17. The minimum atomic E-state index is 0.288. The van der Waals surface area contributed by atoms with Crippen molar-refractivity contribution in [3.8, 4) is 5.75 Å². The lowest BCUT2D eigenvalue weighted by Gasteiger charge is -2.14. The summed E-state index contributed by atoms with van der Waals surface area (Å²) in [6.45, 7) is 1.98. The number of nitrogens with one attached hydrogen (secondary N) is 1. The molecule has 108 valence electrons. The Morgan fingerprint density at radius 3 is 2.62 bits per heavy atom. The highest BCUT2D eigenvalue weighted by Gasteiger charge is 2.24. The van der Waals surface area contributed by atoms with Gasteiger partial charge in [0.1, 0.15) is 11.9 Å². The number of hydrogen-bond donors (Lipinski definition) is 1. The summed E-state index contributed by atoms with van der Waals surface area (Å²) in [5.41, 5.74) is 2.84. The lowest BCUT2D eigenvalue weighted by molar-refractivity contribution is 0.228. The van der Waals surface area contributed by atoms with E-state index in [4.69, 9.17) is 4.74 Å². The molecule has 0 saturated carbocycles. The molecule has 2 aromatic carbocycles. The summed E-state index contributed by atoms with van der Waals surface area (Å²) in [6, 6.07) is 17.1. The molecule has 1 N–H and O–H groups in total. The number of rotatable bonds is 4. The summed E-state index contributed by atoms with van der Waals surface area (Å²) in [5.74, 6) is 1.06. The molecule has 2 aliphatic heterocycles. The van der Waals surface area contributed by atoms with Gasteiger partial charge in [-0.25, -0.2) is 0 Å². The van der Waals surface area contributed by atoms with E-state index in [1.54, 1.807) is 0 Å². The summed E-state index contributed by atoms with van der Waals surface area (Å²) in [6.07, 6.45) is 2.50. The van der Waals surface area contributed by atoms with Gasteiger partial charge in [-0.1, -0.05) is 36.4 Å². The first kappa shape index (κ1) is 13.2. The average molecular weight is 297 g/mol. The summed E-state index contributed by atoms with van der Waals surface area (Å²) in [7, 11) is 0. The van der Waals surface area contributed by atoms with Crippen molar-refractivity contribution in [2.45, 2.75) is 29.1 Å². The molecule has 0 saturated heterocycles. The third-order valence-corrected chi connectivity index (χ3v) is 5.49. The first-order chi connectivity index (χ1) is 10.4. The van der Waals surface area contributed by atoms with E-state index in [1.165, 1.54) is 22.4 Å². The number of ether oxygens (including phenoxy) is 1. The van der Waals surface area contributed by atoms with Gasteiger partial charge in [0.2, 0.25) is 0 Å². The van der Waals surface area contributed by atoms with Gasteiger partial charge in [0.05, 0.1) is 0 Å². The molecule has 0 bridgehead atoms. The zero-order valence-corrected chi connectivity index (χ0v) is 12.7. The van der Waals surface area contributed by atoms with E-state index in [0.29, 0.717) is 5.25 Å². The zero-order valence-electron chi connectivity index (χ0n) is 11.9. The predicted molar refractivity (Wildman–Crippen MR) is 87.2 cm³/mol. The fourth-order valence-electron chi connectivity index (χ4n) is 3.14. The second-order valence-electron chi connectivity index (χ2n) is 5.76. The Kier molecular flexibility index (Phi) is 3.62. The molecule has 2 unspecified atom stereocenters. The van der Waals surface area contributed by atoms with E-state index >= 15 is 0 Å². The topological polar surface area (TPSA) is 21.3 Å².